The highest BCUT2D eigenvalue weighted by atomic mass is 16.5. The number of ether oxygens (including phenoxy) is 2. The number of urea groups is 1. The van der Waals surface area contributed by atoms with Gasteiger partial charge in [-0.3, -0.25) is 15.6 Å². The molecule has 0 atom stereocenters. The van der Waals surface area contributed by atoms with E-state index in [2.05, 4.69) is 10.9 Å². The zero-order chi connectivity index (χ0) is 18.2. The predicted molar refractivity (Wildman–Crippen MR) is 93.8 cm³/mol. The fourth-order valence-corrected chi connectivity index (χ4v) is 2.59. The average Bonchev–Trinajstić information content (AvgIpc) is 3.15. The van der Waals surface area contributed by atoms with Gasteiger partial charge in [0.1, 0.15) is 0 Å². The number of primary amides is 1. The van der Waals surface area contributed by atoms with E-state index >= 15 is 0 Å². The molecule has 3 amide bonds. The van der Waals surface area contributed by atoms with Crippen LogP contribution in [0.5, 0.6) is 11.5 Å². The molecular formula is C17H24N4O4. The molecule has 0 aliphatic carbocycles. The number of hydrazine groups is 1. The number of nitrogens with zero attached hydrogens (tertiary/aromatic N) is 1. The summed E-state index contributed by atoms with van der Waals surface area (Å²) in [5.41, 5.74) is 11.5. The number of amides is 3. The van der Waals surface area contributed by atoms with Crippen LogP contribution in [0.3, 0.4) is 0 Å². The van der Waals surface area contributed by atoms with Crippen molar-refractivity contribution in [2.75, 3.05) is 26.8 Å². The van der Waals surface area contributed by atoms with Gasteiger partial charge in [-0.05, 0) is 38.0 Å². The molecule has 1 aromatic carbocycles. The Bertz CT molecular complexity index is 654. The molecule has 136 valence electrons. The molecule has 1 heterocycles. The molecule has 1 aliphatic heterocycles. The summed E-state index contributed by atoms with van der Waals surface area (Å²) in [6, 6.07) is 4.58. The molecule has 1 aromatic rings. The first-order valence-corrected chi connectivity index (χ1v) is 8.12. The van der Waals surface area contributed by atoms with Gasteiger partial charge >= 0.3 is 6.03 Å². The van der Waals surface area contributed by atoms with Gasteiger partial charge in [0.05, 0.1) is 12.8 Å². The molecule has 0 unspecified atom stereocenters. The van der Waals surface area contributed by atoms with Crippen LogP contribution in [0.25, 0.3) is 5.70 Å². The number of hydrogen-bond donors (Lipinski definition) is 3. The number of allylic oxidation sites excluding steroid dienone is 1. The molecule has 0 radical (unpaired) electrons. The van der Waals surface area contributed by atoms with Gasteiger partial charge in [0.15, 0.2) is 18.1 Å². The lowest BCUT2D eigenvalue weighted by Crippen LogP contribution is -2.39. The molecular weight excluding hydrogens is 324 g/mol. The third kappa shape index (κ3) is 5.03. The van der Waals surface area contributed by atoms with Crippen LogP contribution in [-0.4, -0.2) is 43.6 Å². The van der Waals surface area contributed by atoms with Crippen LogP contribution in [0.1, 0.15) is 25.3 Å². The predicted octanol–water partition coefficient (Wildman–Crippen LogP) is 1.23. The smallest absolute Gasteiger partial charge is 0.330 e. The van der Waals surface area contributed by atoms with Gasteiger partial charge in [-0.15, -0.1) is 0 Å². The number of carbonyl (C=O) groups is 2. The number of methoxy groups -OCH3 is 1. The van der Waals surface area contributed by atoms with Crippen LogP contribution < -0.4 is 26.1 Å². The summed E-state index contributed by atoms with van der Waals surface area (Å²) in [6.07, 6.45) is 3.87. The zero-order valence-electron chi connectivity index (χ0n) is 14.5. The second kappa shape index (κ2) is 8.81. The summed E-state index contributed by atoms with van der Waals surface area (Å²) in [7, 11) is 1.53. The first-order valence-electron chi connectivity index (χ1n) is 8.12. The molecule has 1 aliphatic rings. The van der Waals surface area contributed by atoms with Crippen molar-refractivity contribution in [1.82, 2.24) is 15.8 Å². The monoisotopic (exact) mass is 348 g/mol. The highest BCUT2D eigenvalue weighted by molar-refractivity contribution is 5.78. The van der Waals surface area contributed by atoms with Crippen LogP contribution in [0, 0.1) is 0 Å². The lowest BCUT2D eigenvalue weighted by molar-refractivity contribution is -0.132. The van der Waals surface area contributed by atoms with E-state index in [9.17, 15) is 9.59 Å². The fourth-order valence-electron chi connectivity index (χ4n) is 2.59. The van der Waals surface area contributed by atoms with Gasteiger partial charge in [-0.2, -0.15) is 0 Å². The van der Waals surface area contributed by atoms with Gasteiger partial charge < -0.3 is 20.1 Å². The number of carbonyl (C=O) groups excluding carboxylic acids is 2. The van der Waals surface area contributed by atoms with E-state index in [1.165, 1.54) is 7.11 Å². The molecule has 1 fully saturated rings. The molecule has 8 nitrogen and oxygen atoms in total. The highest BCUT2D eigenvalue weighted by Crippen LogP contribution is 2.30. The third-order valence-corrected chi connectivity index (χ3v) is 3.89. The normalized spacial score (nSPS) is 14.2. The Hall–Kier alpha value is -2.90. The lowest BCUT2D eigenvalue weighted by Gasteiger charge is -2.17. The third-order valence-electron chi connectivity index (χ3n) is 3.89. The SMILES string of the molecule is C/C=C(/NNC(N)=O)c1ccc(OCC(=O)N2CCCC2)c(OC)c1. The number of nitrogens with two attached hydrogens (primary N) is 1. The van der Waals surface area contributed by atoms with E-state index in [1.54, 1.807) is 29.2 Å². The first-order chi connectivity index (χ1) is 12.0. The van der Waals surface area contributed by atoms with Crippen LogP contribution >= 0.6 is 0 Å². The highest BCUT2D eigenvalue weighted by Gasteiger charge is 2.19. The van der Waals surface area contributed by atoms with Crippen molar-refractivity contribution in [3.8, 4) is 11.5 Å². The van der Waals surface area contributed by atoms with Crippen molar-refractivity contribution in [2.24, 2.45) is 5.73 Å². The molecule has 0 bridgehead atoms. The summed E-state index contributed by atoms with van der Waals surface area (Å²) in [6.45, 7) is 3.38. The van der Waals surface area contributed by atoms with Gasteiger partial charge in [-0.25, -0.2) is 4.79 Å². The summed E-state index contributed by atoms with van der Waals surface area (Å²) in [4.78, 5) is 24.7. The maximum absolute atomic E-state index is 12.1. The number of nitrogens with one attached hydrogen (secondary N) is 2. The van der Waals surface area contributed by atoms with Crippen molar-refractivity contribution >= 4 is 17.6 Å². The van der Waals surface area contributed by atoms with Gasteiger partial charge in [0, 0.05) is 18.7 Å². The Morgan fingerprint density at radius 1 is 1.24 bits per heavy atom. The van der Waals surface area contributed by atoms with Gasteiger partial charge in [-0.1, -0.05) is 6.08 Å². The number of likely N-dealkylation sites (tertiary alicyclic amines) is 1. The van der Waals surface area contributed by atoms with Gasteiger partial charge in [0.25, 0.3) is 5.91 Å². The summed E-state index contributed by atoms with van der Waals surface area (Å²) < 4.78 is 11.0. The molecule has 25 heavy (non-hydrogen) atoms. The minimum atomic E-state index is -0.688. The van der Waals surface area contributed by atoms with E-state index in [-0.39, 0.29) is 12.5 Å². The molecule has 0 aromatic heterocycles. The van der Waals surface area contributed by atoms with Crippen molar-refractivity contribution in [1.29, 1.82) is 0 Å². The maximum atomic E-state index is 12.1. The largest absolute Gasteiger partial charge is 0.493 e. The summed E-state index contributed by atoms with van der Waals surface area (Å²) in [5.74, 6) is 0.953. The fraction of sp³-hybridized carbons (Fsp3) is 0.412. The molecule has 1 saturated heterocycles. The van der Waals surface area contributed by atoms with Gasteiger partial charge in [0.2, 0.25) is 0 Å². The molecule has 0 spiro atoms. The van der Waals surface area contributed by atoms with Crippen molar-refractivity contribution in [2.45, 2.75) is 19.8 Å². The van der Waals surface area contributed by atoms with Crippen molar-refractivity contribution in [3.63, 3.8) is 0 Å². The van der Waals surface area contributed by atoms with Crippen LogP contribution in [0.2, 0.25) is 0 Å². The Morgan fingerprint density at radius 2 is 1.96 bits per heavy atom. The van der Waals surface area contributed by atoms with E-state index in [1.807, 2.05) is 6.92 Å². The van der Waals surface area contributed by atoms with Crippen molar-refractivity contribution in [3.05, 3.63) is 29.8 Å². The molecule has 2 rings (SSSR count). The van der Waals surface area contributed by atoms with Crippen LogP contribution in [0.4, 0.5) is 4.79 Å². The molecule has 0 saturated carbocycles. The lowest BCUT2D eigenvalue weighted by atomic mass is 10.1. The Balaban J connectivity index is 2.04. The standard InChI is InChI=1S/C17H24N4O4/c1-3-13(19-20-17(18)23)12-6-7-14(15(10-12)24-2)25-11-16(22)21-8-4-5-9-21/h3,6-7,10,19H,4-5,8-9,11H2,1-2H3,(H3,18,20,23)/b13-3+. The van der Waals surface area contributed by atoms with E-state index in [0.717, 1.165) is 31.5 Å². The molecule has 8 heteroatoms. The minimum absolute atomic E-state index is 0.0202. The topological polar surface area (TPSA) is 106 Å². The first kappa shape index (κ1) is 18.4. The second-order valence-corrected chi connectivity index (χ2v) is 5.56. The van der Waals surface area contributed by atoms with Crippen LogP contribution in [-0.2, 0) is 4.79 Å². The summed E-state index contributed by atoms with van der Waals surface area (Å²) >= 11 is 0. The van der Waals surface area contributed by atoms with Crippen LogP contribution in [0.15, 0.2) is 24.3 Å². The number of benzene rings is 1. The summed E-state index contributed by atoms with van der Waals surface area (Å²) in [5, 5.41) is 0. The van der Waals surface area contributed by atoms with Crippen molar-refractivity contribution < 1.29 is 19.1 Å². The van der Waals surface area contributed by atoms with E-state index < -0.39 is 6.03 Å². The van der Waals surface area contributed by atoms with E-state index in [4.69, 9.17) is 15.2 Å². The zero-order valence-corrected chi connectivity index (χ0v) is 14.5. The Kier molecular flexibility index (Phi) is 6.50. The second-order valence-electron chi connectivity index (χ2n) is 5.56. The average molecular weight is 348 g/mol. The number of rotatable bonds is 7. The Morgan fingerprint density at radius 3 is 2.56 bits per heavy atom. The minimum Gasteiger partial charge on any atom is -0.493 e. The molecule has 4 N–H and O–H groups in total. The Labute approximate surface area is 146 Å². The maximum Gasteiger partial charge on any atom is 0.330 e. The number of hydrogen-bond acceptors (Lipinski definition) is 5. The van der Waals surface area contributed by atoms with E-state index in [0.29, 0.717) is 17.2 Å². The quantitative estimate of drug-likeness (QED) is 0.643.